The van der Waals surface area contributed by atoms with E-state index < -0.39 is 11.7 Å². The van der Waals surface area contributed by atoms with Crippen LogP contribution < -0.4 is 5.73 Å². The second-order valence-corrected chi connectivity index (χ2v) is 7.85. The number of nitrogens with one attached hydrogen (secondary N) is 1. The molecule has 32 heavy (non-hydrogen) atoms. The molecule has 170 valence electrons. The maximum atomic E-state index is 13.7. The van der Waals surface area contributed by atoms with Crippen LogP contribution in [0.2, 0.25) is 0 Å². The summed E-state index contributed by atoms with van der Waals surface area (Å²) in [6.45, 7) is 3.83. The molecule has 0 saturated carbocycles. The minimum absolute atomic E-state index is 0.0688. The summed E-state index contributed by atoms with van der Waals surface area (Å²) in [5, 5.41) is 5.98. The van der Waals surface area contributed by atoms with Gasteiger partial charge in [-0.3, -0.25) is 9.89 Å². The Hall–Kier alpha value is -3.14. The lowest BCUT2D eigenvalue weighted by molar-refractivity contribution is -0.136. The number of halogens is 3. The third kappa shape index (κ3) is 4.40. The molecule has 4 rings (SSSR count). The Morgan fingerprint density at radius 2 is 2.06 bits per heavy atom. The van der Waals surface area contributed by atoms with E-state index in [1.54, 1.807) is 17.0 Å². The number of rotatable bonds is 5. The highest BCUT2D eigenvalue weighted by Gasteiger charge is 2.36. The monoisotopic (exact) mass is 447 g/mol. The van der Waals surface area contributed by atoms with Crippen molar-refractivity contribution < 1.29 is 22.7 Å². The lowest BCUT2D eigenvalue weighted by Crippen LogP contribution is -2.39. The molecule has 3 N–H and O–H groups in total. The van der Waals surface area contributed by atoms with Crippen molar-refractivity contribution in [3.05, 3.63) is 52.7 Å². The predicted octanol–water partition coefficient (Wildman–Crippen LogP) is 4.12. The molecule has 1 aliphatic heterocycles. The summed E-state index contributed by atoms with van der Waals surface area (Å²) in [5.41, 5.74) is 6.48. The number of hydrogen-bond donors (Lipinski definition) is 2. The van der Waals surface area contributed by atoms with Crippen LogP contribution in [-0.2, 0) is 17.5 Å². The van der Waals surface area contributed by atoms with Gasteiger partial charge >= 0.3 is 6.18 Å². The van der Waals surface area contributed by atoms with Crippen LogP contribution in [0.4, 0.5) is 19.0 Å². The number of H-pyrrole nitrogens is 1. The fourth-order valence-corrected chi connectivity index (χ4v) is 4.05. The number of amides is 1. The first kappa shape index (κ1) is 22.1. The number of alkyl halides is 3. The summed E-state index contributed by atoms with van der Waals surface area (Å²) in [7, 11) is 0. The third-order valence-corrected chi connectivity index (χ3v) is 5.68. The number of aromatic amines is 1. The Morgan fingerprint density at radius 1 is 1.31 bits per heavy atom. The zero-order chi connectivity index (χ0) is 22.9. The zero-order valence-corrected chi connectivity index (χ0v) is 17.6. The highest BCUT2D eigenvalue weighted by atomic mass is 19.4. The molecule has 10 heteroatoms. The fraction of sp³-hybridized carbons (Fsp3) is 0.409. The summed E-state index contributed by atoms with van der Waals surface area (Å²) in [5.74, 6) is -0.647. The number of anilines is 1. The molecule has 3 aromatic rings. The van der Waals surface area contributed by atoms with E-state index in [9.17, 15) is 18.0 Å². The number of likely N-dealkylation sites (tertiary alicyclic amines) is 1. The van der Waals surface area contributed by atoms with Crippen LogP contribution in [0.25, 0.3) is 11.0 Å². The van der Waals surface area contributed by atoms with Gasteiger partial charge in [0.1, 0.15) is 5.82 Å². The highest BCUT2D eigenvalue weighted by Crippen LogP contribution is 2.38. The van der Waals surface area contributed by atoms with Gasteiger partial charge in [-0.05, 0) is 43.5 Å². The number of hydrogen-bond acceptors (Lipinski definition) is 5. The summed E-state index contributed by atoms with van der Waals surface area (Å²) in [4.78, 5) is 19.0. The smallest absolute Gasteiger partial charge is 0.383 e. The van der Waals surface area contributed by atoms with Gasteiger partial charge in [0.05, 0.1) is 17.6 Å². The number of fused-ring (bicyclic) bond motifs is 1. The number of nitrogen functional groups attached to an aromatic ring is 1. The second-order valence-electron chi connectivity index (χ2n) is 7.85. The van der Waals surface area contributed by atoms with Crippen LogP contribution in [0, 0.1) is 0 Å². The molecule has 1 saturated heterocycles. The first-order valence-corrected chi connectivity index (χ1v) is 10.5. The van der Waals surface area contributed by atoms with Gasteiger partial charge < -0.3 is 15.4 Å². The SMILES string of the molecule is CCOCc1ccc(C(=O)N2CCCC(c3cc(C(F)(F)F)c4c(N)[nH]nc4n3)C2)cc1. The number of benzene rings is 1. The quantitative estimate of drug-likeness (QED) is 0.613. The Balaban J connectivity index is 1.56. The van der Waals surface area contributed by atoms with E-state index in [4.69, 9.17) is 10.5 Å². The number of nitrogens with zero attached hydrogens (tertiary/aromatic N) is 3. The predicted molar refractivity (Wildman–Crippen MR) is 113 cm³/mol. The fourth-order valence-electron chi connectivity index (χ4n) is 4.05. The van der Waals surface area contributed by atoms with E-state index in [0.717, 1.165) is 11.6 Å². The van der Waals surface area contributed by atoms with Gasteiger partial charge in [-0.2, -0.15) is 18.3 Å². The molecule has 1 atom stereocenters. The molecule has 0 aliphatic carbocycles. The molecule has 1 fully saturated rings. The number of pyridine rings is 1. The summed E-state index contributed by atoms with van der Waals surface area (Å²) >= 11 is 0. The van der Waals surface area contributed by atoms with Crippen LogP contribution in [0.1, 0.15) is 52.9 Å². The van der Waals surface area contributed by atoms with Crippen molar-refractivity contribution in [1.29, 1.82) is 0 Å². The van der Waals surface area contributed by atoms with Crippen LogP contribution in [0.5, 0.6) is 0 Å². The van der Waals surface area contributed by atoms with Crippen molar-refractivity contribution in [3.63, 3.8) is 0 Å². The van der Waals surface area contributed by atoms with Crippen molar-refractivity contribution >= 4 is 22.8 Å². The van der Waals surface area contributed by atoms with Crippen LogP contribution in [-0.4, -0.2) is 45.7 Å². The molecule has 0 bridgehead atoms. The average Bonchev–Trinajstić information content (AvgIpc) is 3.17. The molecule has 7 nitrogen and oxygen atoms in total. The normalized spacial score (nSPS) is 17.1. The zero-order valence-electron chi connectivity index (χ0n) is 17.6. The average molecular weight is 447 g/mol. The van der Waals surface area contributed by atoms with E-state index >= 15 is 0 Å². The lowest BCUT2D eigenvalue weighted by Gasteiger charge is -2.33. The van der Waals surface area contributed by atoms with Gasteiger partial charge in [-0.15, -0.1) is 0 Å². The van der Waals surface area contributed by atoms with Gasteiger partial charge in [0.25, 0.3) is 5.91 Å². The van der Waals surface area contributed by atoms with Gasteiger partial charge in [-0.1, -0.05) is 12.1 Å². The molecule has 2 aromatic heterocycles. The molecule has 0 spiro atoms. The Kier molecular flexibility index (Phi) is 6.05. The minimum atomic E-state index is -4.60. The topological polar surface area (TPSA) is 97.1 Å². The molecular formula is C22H24F3N5O2. The Bertz CT molecular complexity index is 1110. The van der Waals surface area contributed by atoms with Crippen molar-refractivity contribution in [2.45, 2.75) is 38.5 Å². The number of carbonyl (C=O) groups excluding carboxylic acids is 1. The first-order valence-electron chi connectivity index (χ1n) is 10.5. The summed E-state index contributed by atoms with van der Waals surface area (Å²) in [6.07, 6.45) is -3.29. The largest absolute Gasteiger partial charge is 0.417 e. The van der Waals surface area contributed by atoms with E-state index in [-0.39, 0.29) is 40.9 Å². The van der Waals surface area contributed by atoms with Crippen LogP contribution in [0.15, 0.2) is 30.3 Å². The van der Waals surface area contributed by atoms with Crippen molar-refractivity contribution in [2.75, 3.05) is 25.4 Å². The number of ether oxygens (including phenoxy) is 1. The maximum Gasteiger partial charge on any atom is 0.417 e. The first-order chi connectivity index (χ1) is 15.3. The summed E-state index contributed by atoms with van der Waals surface area (Å²) in [6, 6.07) is 8.22. The van der Waals surface area contributed by atoms with E-state index in [1.807, 2.05) is 19.1 Å². The molecule has 1 aliphatic rings. The number of aromatic nitrogens is 3. The number of piperidine rings is 1. The second kappa shape index (κ2) is 8.78. The van der Waals surface area contributed by atoms with Gasteiger partial charge in [0, 0.05) is 36.9 Å². The molecule has 0 radical (unpaired) electrons. The van der Waals surface area contributed by atoms with E-state index in [0.29, 0.717) is 38.2 Å². The molecule has 1 aromatic carbocycles. The van der Waals surface area contributed by atoms with Crippen LogP contribution >= 0.6 is 0 Å². The molecular weight excluding hydrogens is 423 g/mol. The third-order valence-electron chi connectivity index (χ3n) is 5.68. The van der Waals surface area contributed by atoms with Gasteiger partial charge in [0.15, 0.2) is 5.65 Å². The van der Waals surface area contributed by atoms with Gasteiger partial charge in [-0.25, -0.2) is 4.98 Å². The maximum absolute atomic E-state index is 13.7. The molecule has 1 unspecified atom stereocenters. The lowest BCUT2D eigenvalue weighted by atomic mass is 9.92. The van der Waals surface area contributed by atoms with Crippen molar-refractivity contribution in [2.24, 2.45) is 0 Å². The molecule has 1 amide bonds. The minimum Gasteiger partial charge on any atom is -0.383 e. The highest BCUT2D eigenvalue weighted by molar-refractivity contribution is 5.94. The van der Waals surface area contributed by atoms with E-state index in [2.05, 4.69) is 15.2 Å². The molecule has 3 heterocycles. The van der Waals surface area contributed by atoms with Crippen molar-refractivity contribution in [1.82, 2.24) is 20.1 Å². The van der Waals surface area contributed by atoms with E-state index in [1.165, 1.54) is 0 Å². The Labute approximate surface area is 182 Å². The van der Waals surface area contributed by atoms with Gasteiger partial charge in [0.2, 0.25) is 0 Å². The standard InChI is InChI=1S/C22H24F3N5O2/c1-2-32-12-13-5-7-14(8-6-13)21(31)30-9-3-4-15(11-30)17-10-16(22(23,24)25)18-19(26)28-29-20(18)27-17/h5-8,10,15H,2-4,9,11-12H2,1H3,(H3,26,27,28,29). The summed E-state index contributed by atoms with van der Waals surface area (Å²) < 4.78 is 46.3. The number of nitrogens with two attached hydrogens (primary N) is 1. The Morgan fingerprint density at radius 3 is 2.75 bits per heavy atom. The number of carbonyl (C=O) groups is 1. The van der Waals surface area contributed by atoms with Crippen LogP contribution in [0.3, 0.4) is 0 Å². The van der Waals surface area contributed by atoms with Crippen molar-refractivity contribution in [3.8, 4) is 0 Å².